The number of hydrogen-bond acceptors (Lipinski definition) is 5. The van der Waals surface area contributed by atoms with E-state index in [-0.39, 0.29) is 0 Å². The lowest BCUT2D eigenvalue weighted by molar-refractivity contribution is 0.0203. The predicted molar refractivity (Wildman–Crippen MR) is 114 cm³/mol. The summed E-state index contributed by atoms with van der Waals surface area (Å²) in [5.41, 5.74) is 2.25. The summed E-state index contributed by atoms with van der Waals surface area (Å²) in [5.74, 6) is 2.77. The fourth-order valence-corrected chi connectivity index (χ4v) is 3.17. The van der Waals surface area contributed by atoms with Crippen LogP contribution in [0, 0.1) is 12.8 Å². The van der Waals surface area contributed by atoms with Crippen LogP contribution in [0.25, 0.3) is 11.3 Å². The summed E-state index contributed by atoms with van der Waals surface area (Å²) < 4.78 is 17.0. The van der Waals surface area contributed by atoms with E-state index in [0.29, 0.717) is 18.4 Å². The zero-order valence-electron chi connectivity index (χ0n) is 17.4. The van der Waals surface area contributed by atoms with Gasteiger partial charge >= 0.3 is 0 Å². The maximum Gasteiger partial charge on any atom is 0.214 e. The van der Waals surface area contributed by atoms with Gasteiger partial charge in [-0.05, 0) is 32.1 Å². The Balaban J connectivity index is 1.31. The minimum absolute atomic E-state index is 0.478. The molecule has 7 nitrogen and oxygen atoms in total. The number of rotatable bonds is 9. The molecule has 1 saturated heterocycles. The first kappa shape index (κ1) is 21.3. The molecular weight excluding hydrogens is 368 g/mol. The molecule has 2 aromatic rings. The van der Waals surface area contributed by atoms with Crippen molar-refractivity contribution in [3.63, 3.8) is 0 Å². The Kier molecular flexibility index (Phi) is 8.52. The zero-order valence-corrected chi connectivity index (χ0v) is 17.4. The van der Waals surface area contributed by atoms with Crippen LogP contribution in [0.2, 0.25) is 0 Å². The Morgan fingerprint density at radius 2 is 2.00 bits per heavy atom. The normalized spacial score (nSPS) is 15.4. The van der Waals surface area contributed by atoms with E-state index in [0.717, 1.165) is 69.5 Å². The van der Waals surface area contributed by atoms with Crippen LogP contribution in [0.1, 0.15) is 30.7 Å². The highest BCUT2D eigenvalue weighted by molar-refractivity contribution is 5.79. The van der Waals surface area contributed by atoms with Crippen molar-refractivity contribution in [3.05, 3.63) is 41.9 Å². The van der Waals surface area contributed by atoms with Gasteiger partial charge in [-0.25, -0.2) is 4.98 Å². The van der Waals surface area contributed by atoms with Crippen molar-refractivity contribution in [2.24, 2.45) is 10.9 Å². The number of aromatic nitrogens is 1. The average Bonchev–Trinajstić information content (AvgIpc) is 3.23. The number of nitrogens with one attached hydrogen (secondary N) is 2. The van der Waals surface area contributed by atoms with Crippen LogP contribution in [-0.2, 0) is 16.0 Å². The molecule has 2 heterocycles. The molecule has 1 aromatic heterocycles. The first-order valence-corrected chi connectivity index (χ1v) is 10.4. The second-order valence-electron chi connectivity index (χ2n) is 7.32. The number of hydrogen-bond donors (Lipinski definition) is 2. The van der Waals surface area contributed by atoms with E-state index >= 15 is 0 Å². The van der Waals surface area contributed by atoms with Crippen molar-refractivity contribution in [3.8, 4) is 11.3 Å². The monoisotopic (exact) mass is 400 g/mol. The van der Waals surface area contributed by atoms with Crippen LogP contribution < -0.4 is 10.6 Å². The summed E-state index contributed by atoms with van der Waals surface area (Å²) in [6, 6.07) is 8.21. The van der Waals surface area contributed by atoms with Crippen LogP contribution in [0.5, 0.6) is 0 Å². The van der Waals surface area contributed by atoms with Gasteiger partial charge in [0.25, 0.3) is 0 Å². The number of aliphatic imine (C=N–C) groups is 1. The lowest BCUT2D eigenvalue weighted by Crippen LogP contribution is -2.37. The standard InChI is InChI=1S/C22H32N4O3/c1-17-4-6-19(7-5-17)20-14-25-21(29-20)15-26-22(23-2)24-10-3-11-28-16-18-8-12-27-13-9-18/h4-7,14,18H,3,8-13,15-16H2,1-2H3,(H2,23,24,26). The maximum absolute atomic E-state index is 5.83. The Hall–Kier alpha value is -2.38. The van der Waals surface area contributed by atoms with Crippen LogP contribution in [0.4, 0.5) is 0 Å². The molecule has 0 atom stereocenters. The topological polar surface area (TPSA) is 80.9 Å². The van der Waals surface area contributed by atoms with Gasteiger partial charge in [0.15, 0.2) is 11.7 Å². The molecule has 0 saturated carbocycles. The van der Waals surface area contributed by atoms with Crippen molar-refractivity contribution in [2.75, 3.05) is 40.0 Å². The van der Waals surface area contributed by atoms with Gasteiger partial charge in [-0.2, -0.15) is 0 Å². The molecule has 0 amide bonds. The first-order chi connectivity index (χ1) is 14.2. The molecule has 0 unspecified atom stereocenters. The van der Waals surface area contributed by atoms with Gasteiger partial charge in [-0.3, -0.25) is 4.99 Å². The zero-order chi connectivity index (χ0) is 20.3. The average molecular weight is 401 g/mol. The number of oxazole rings is 1. The fraction of sp³-hybridized carbons (Fsp3) is 0.545. The van der Waals surface area contributed by atoms with Crippen molar-refractivity contribution in [2.45, 2.75) is 32.7 Å². The van der Waals surface area contributed by atoms with Crippen molar-refractivity contribution in [1.82, 2.24) is 15.6 Å². The summed E-state index contributed by atoms with van der Waals surface area (Å²) >= 11 is 0. The lowest BCUT2D eigenvalue weighted by atomic mass is 10.0. The van der Waals surface area contributed by atoms with E-state index in [2.05, 4.69) is 39.7 Å². The number of aryl methyl sites for hydroxylation is 1. The van der Waals surface area contributed by atoms with Crippen molar-refractivity contribution in [1.29, 1.82) is 0 Å². The molecule has 1 aromatic carbocycles. The molecular formula is C22H32N4O3. The third-order valence-electron chi connectivity index (χ3n) is 4.97. The Morgan fingerprint density at radius 3 is 2.76 bits per heavy atom. The number of benzene rings is 1. The van der Waals surface area contributed by atoms with Gasteiger partial charge in [0.05, 0.1) is 12.7 Å². The van der Waals surface area contributed by atoms with Crippen LogP contribution in [0.15, 0.2) is 39.9 Å². The minimum Gasteiger partial charge on any atom is -0.439 e. The van der Waals surface area contributed by atoms with Crippen LogP contribution in [0.3, 0.4) is 0 Å². The van der Waals surface area contributed by atoms with E-state index in [1.165, 1.54) is 5.56 Å². The molecule has 1 aliphatic heterocycles. The minimum atomic E-state index is 0.478. The Bertz CT molecular complexity index is 752. The molecule has 158 valence electrons. The number of ether oxygens (including phenoxy) is 2. The highest BCUT2D eigenvalue weighted by Crippen LogP contribution is 2.20. The van der Waals surface area contributed by atoms with E-state index in [9.17, 15) is 0 Å². The third-order valence-corrected chi connectivity index (χ3v) is 4.97. The smallest absolute Gasteiger partial charge is 0.214 e. The second kappa shape index (κ2) is 11.6. The molecule has 0 aliphatic carbocycles. The second-order valence-corrected chi connectivity index (χ2v) is 7.32. The SMILES string of the molecule is CN=C(NCCCOCC1CCOCC1)NCc1ncc(-c2ccc(C)cc2)o1. The lowest BCUT2D eigenvalue weighted by Gasteiger charge is -2.21. The van der Waals surface area contributed by atoms with Gasteiger partial charge < -0.3 is 24.5 Å². The third kappa shape index (κ3) is 7.18. The molecule has 2 N–H and O–H groups in total. The van der Waals surface area contributed by atoms with Crippen LogP contribution in [-0.4, -0.2) is 51.0 Å². The molecule has 3 rings (SSSR count). The van der Waals surface area contributed by atoms with Crippen molar-refractivity contribution < 1.29 is 13.9 Å². The van der Waals surface area contributed by atoms with Crippen LogP contribution >= 0.6 is 0 Å². The van der Waals surface area contributed by atoms with Gasteiger partial charge in [-0.15, -0.1) is 0 Å². The highest BCUT2D eigenvalue weighted by Gasteiger charge is 2.13. The first-order valence-electron chi connectivity index (χ1n) is 10.4. The quantitative estimate of drug-likeness (QED) is 0.382. The van der Waals surface area contributed by atoms with E-state index in [1.54, 1.807) is 13.2 Å². The van der Waals surface area contributed by atoms with Gasteiger partial charge in [-0.1, -0.05) is 29.8 Å². The molecule has 7 heteroatoms. The number of guanidine groups is 1. The Morgan fingerprint density at radius 1 is 1.21 bits per heavy atom. The van der Waals surface area contributed by atoms with Crippen molar-refractivity contribution >= 4 is 5.96 Å². The molecule has 0 spiro atoms. The molecule has 0 radical (unpaired) electrons. The molecule has 1 aliphatic rings. The largest absolute Gasteiger partial charge is 0.439 e. The van der Waals surface area contributed by atoms with E-state index in [4.69, 9.17) is 13.9 Å². The summed E-state index contributed by atoms with van der Waals surface area (Å²) in [6.07, 6.45) is 4.91. The molecule has 29 heavy (non-hydrogen) atoms. The molecule has 1 fully saturated rings. The summed E-state index contributed by atoms with van der Waals surface area (Å²) in [6.45, 7) is 6.67. The maximum atomic E-state index is 5.83. The molecule has 0 bridgehead atoms. The Labute approximate surface area is 172 Å². The van der Waals surface area contributed by atoms with E-state index < -0.39 is 0 Å². The van der Waals surface area contributed by atoms with Gasteiger partial charge in [0.1, 0.15) is 0 Å². The highest BCUT2D eigenvalue weighted by atomic mass is 16.5. The number of nitrogens with zero attached hydrogens (tertiary/aromatic N) is 2. The summed E-state index contributed by atoms with van der Waals surface area (Å²) in [5, 5.41) is 6.52. The van der Waals surface area contributed by atoms with E-state index in [1.807, 2.05) is 12.1 Å². The van der Waals surface area contributed by atoms with Gasteiger partial charge in [0, 0.05) is 45.6 Å². The summed E-state index contributed by atoms with van der Waals surface area (Å²) in [7, 11) is 1.75. The van der Waals surface area contributed by atoms with Gasteiger partial charge in [0.2, 0.25) is 5.89 Å². The predicted octanol–water partition coefficient (Wildman–Crippen LogP) is 3.15. The summed E-state index contributed by atoms with van der Waals surface area (Å²) in [4.78, 5) is 8.58. The fourth-order valence-electron chi connectivity index (χ4n) is 3.17.